The van der Waals surface area contributed by atoms with E-state index in [0.29, 0.717) is 23.6 Å². The lowest BCUT2D eigenvalue weighted by atomic mass is 10.1. The first-order valence-corrected chi connectivity index (χ1v) is 7.01. The van der Waals surface area contributed by atoms with E-state index in [1.165, 1.54) is 0 Å². The Kier molecular flexibility index (Phi) is 5.06. The van der Waals surface area contributed by atoms with Gasteiger partial charge in [0.1, 0.15) is 17.2 Å². The third kappa shape index (κ3) is 4.68. The highest BCUT2D eigenvalue weighted by Crippen LogP contribution is 2.29. The lowest BCUT2D eigenvalue weighted by Crippen LogP contribution is -2.05. The third-order valence-corrected chi connectivity index (χ3v) is 2.83. The first kappa shape index (κ1) is 15.2. The normalized spacial score (nSPS) is 10.7. The molecule has 0 aliphatic rings. The number of ether oxygens (including phenoxy) is 2. The number of nitrogens with two attached hydrogens (primary N) is 1. The van der Waals surface area contributed by atoms with Gasteiger partial charge in [-0.25, -0.2) is 0 Å². The van der Waals surface area contributed by atoms with Crippen molar-refractivity contribution in [1.82, 2.24) is 0 Å². The van der Waals surface area contributed by atoms with Gasteiger partial charge in [-0.15, -0.1) is 0 Å². The van der Waals surface area contributed by atoms with Crippen molar-refractivity contribution in [1.29, 1.82) is 0 Å². The van der Waals surface area contributed by atoms with Crippen molar-refractivity contribution in [2.75, 3.05) is 12.3 Å². The molecule has 3 N–H and O–H groups in total. The molecule has 0 atom stereocenters. The first-order valence-electron chi connectivity index (χ1n) is 7.01. The molecule has 0 bridgehead atoms. The minimum atomic E-state index is 0.0809. The second-order valence-corrected chi connectivity index (χ2v) is 5.12. The van der Waals surface area contributed by atoms with Crippen LogP contribution in [0.25, 0.3) is 0 Å². The number of nitrogen functional groups attached to an aromatic ring is 1. The summed E-state index contributed by atoms with van der Waals surface area (Å²) < 4.78 is 11.4. The van der Waals surface area contributed by atoms with Crippen molar-refractivity contribution in [3.8, 4) is 17.2 Å². The predicted molar refractivity (Wildman–Crippen MR) is 83.9 cm³/mol. The van der Waals surface area contributed by atoms with Crippen molar-refractivity contribution in [2.24, 2.45) is 0 Å². The molecule has 2 aromatic rings. The molecule has 0 heterocycles. The van der Waals surface area contributed by atoms with Crippen LogP contribution in [-0.2, 0) is 6.42 Å². The summed E-state index contributed by atoms with van der Waals surface area (Å²) in [4.78, 5) is 0. The fourth-order valence-corrected chi connectivity index (χ4v) is 1.98. The number of hydrogen-bond donors (Lipinski definition) is 2. The molecular formula is C17H21NO3. The molecule has 0 saturated carbocycles. The molecule has 2 rings (SSSR count). The van der Waals surface area contributed by atoms with E-state index in [4.69, 9.17) is 20.3 Å². The third-order valence-electron chi connectivity index (χ3n) is 2.83. The summed E-state index contributed by atoms with van der Waals surface area (Å²) in [7, 11) is 0. The van der Waals surface area contributed by atoms with Crippen molar-refractivity contribution in [3.63, 3.8) is 0 Å². The number of hydrogen-bond acceptors (Lipinski definition) is 4. The van der Waals surface area contributed by atoms with Crippen LogP contribution < -0.4 is 15.2 Å². The van der Waals surface area contributed by atoms with Crippen LogP contribution in [-0.4, -0.2) is 17.8 Å². The van der Waals surface area contributed by atoms with Gasteiger partial charge in [0.25, 0.3) is 0 Å². The van der Waals surface area contributed by atoms with Crippen LogP contribution in [0.2, 0.25) is 0 Å². The fourth-order valence-electron chi connectivity index (χ4n) is 1.98. The molecule has 112 valence electrons. The van der Waals surface area contributed by atoms with Gasteiger partial charge < -0.3 is 20.3 Å². The average molecular weight is 287 g/mol. The fraction of sp³-hybridized carbons (Fsp3) is 0.294. The van der Waals surface area contributed by atoms with Crippen molar-refractivity contribution >= 4 is 5.69 Å². The Morgan fingerprint density at radius 3 is 2.29 bits per heavy atom. The maximum absolute atomic E-state index is 8.90. The van der Waals surface area contributed by atoms with Gasteiger partial charge in [-0.3, -0.25) is 0 Å². The molecule has 0 unspecified atom stereocenters. The molecule has 4 heteroatoms. The van der Waals surface area contributed by atoms with Crippen molar-refractivity contribution in [2.45, 2.75) is 26.4 Å². The van der Waals surface area contributed by atoms with Gasteiger partial charge >= 0.3 is 0 Å². The van der Waals surface area contributed by atoms with Crippen LogP contribution in [0.15, 0.2) is 42.5 Å². The monoisotopic (exact) mass is 287 g/mol. The number of rotatable bonds is 6. The highest BCUT2D eigenvalue weighted by atomic mass is 16.5. The number of anilines is 1. The molecule has 0 radical (unpaired) electrons. The van der Waals surface area contributed by atoms with Crippen molar-refractivity contribution < 1.29 is 14.6 Å². The van der Waals surface area contributed by atoms with E-state index in [1.807, 2.05) is 44.2 Å². The largest absolute Gasteiger partial charge is 0.491 e. The highest BCUT2D eigenvalue weighted by molar-refractivity contribution is 5.51. The van der Waals surface area contributed by atoms with E-state index in [2.05, 4.69) is 0 Å². The van der Waals surface area contributed by atoms with Gasteiger partial charge in [-0.05, 0) is 38.0 Å². The Morgan fingerprint density at radius 1 is 1.00 bits per heavy atom. The lowest BCUT2D eigenvalue weighted by molar-refractivity contribution is 0.242. The summed E-state index contributed by atoms with van der Waals surface area (Å²) in [6.07, 6.45) is 0.725. The van der Waals surface area contributed by atoms with Crippen LogP contribution in [0.3, 0.4) is 0 Å². The van der Waals surface area contributed by atoms with E-state index in [0.717, 1.165) is 11.3 Å². The summed E-state index contributed by atoms with van der Waals surface area (Å²) in [5.41, 5.74) is 7.53. The standard InChI is InChI=1S/C17H21NO3/c1-12(2)20-16-9-14(18)10-17(11-16)21-15-5-3-13(4-6-15)7-8-19/h3-6,9-12,19H,7-8,18H2,1-2H3. The second kappa shape index (κ2) is 6.99. The molecule has 0 aromatic heterocycles. The maximum atomic E-state index is 8.90. The van der Waals surface area contributed by atoms with Gasteiger partial charge in [-0.1, -0.05) is 12.1 Å². The lowest BCUT2D eigenvalue weighted by Gasteiger charge is -2.13. The molecule has 2 aromatic carbocycles. The molecule has 0 saturated heterocycles. The zero-order valence-electron chi connectivity index (χ0n) is 12.4. The minimum Gasteiger partial charge on any atom is -0.491 e. The quantitative estimate of drug-likeness (QED) is 0.799. The molecule has 21 heavy (non-hydrogen) atoms. The summed E-state index contributed by atoms with van der Waals surface area (Å²) >= 11 is 0. The summed E-state index contributed by atoms with van der Waals surface area (Å²) in [5.74, 6) is 2.05. The molecule has 0 aliphatic heterocycles. The molecule has 0 spiro atoms. The smallest absolute Gasteiger partial charge is 0.133 e. The Balaban J connectivity index is 2.12. The Hall–Kier alpha value is -2.20. The van der Waals surface area contributed by atoms with Crippen LogP contribution in [0.4, 0.5) is 5.69 Å². The Bertz CT molecular complexity index is 579. The van der Waals surface area contributed by atoms with Crippen LogP contribution in [0, 0.1) is 0 Å². The Morgan fingerprint density at radius 2 is 1.67 bits per heavy atom. The van der Waals surface area contributed by atoms with Gasteiger partial charge in [-0.2, -0.15) is 0 Å². The van der Waals surface area contributed by atoms with E-state index in [1.54, 1.807) is 12.1 Å². The van der Waals surface area contributed by atoms with Gasteiger partial charge in [0.05, 0.1) is 6.10 Å². The minimum absolute atomic E-state index is 0.0809. The summed E-state index contributed by atoms with van der Waals surface area (Å²) in [6, 6.07) is 13.0. The Labute approximate surface area is 125 Å². The molecule has 0 amide bonds. The van der Waals surface area contributed by atoms with E-state index in [-0.39, 0.29) is 12.7 Å². The highest BCUT2D eigenvalue weighted by Gasteiger charge is 2.04. The van der Waals surface area contributed by atoms with E-state index < -0.39 is 0 Å². The molecular weight excluding hydrogens is 266 g/mol. The van der Waals surface area contributed by atoms with Gasteiger partial charge in [0, 0.05) is 30.5 Å². The van der Waals surface area contributed by atoms with Crippen LogP contribution in [0.5, 0.6) is 17.2 Å². The summed E-state index contributed by atoms with van der Waals surface area (Å²) in [5, 5.41) is 8.90. The van der Waals surface area contributed by atoms with Gasteiger partial charge in [0.15, 0.2) is 0 Å². The van der Waals surface area contributed by atoms with Crippen molar-refractivity contribution in [3.05, 3.63) is 48.0 Å². The topological polar surface area (TPSA) is 64.7 Å². The zero-order chi connectivity index (χ0) is 15.2. The summed E-state index contributed by atoms with van der Waals surface area (Å²) in [6.45, 7) is 4.07. The average Bonchev–Trinajstić information content (AvgIpc) is 2.40. The maximum Gasteiger partial charge on any atom is 0.133 e. The van der Waals surface area contributed by atoms with Gasteiger partial charge in [0.2, 0.25) is 0 Å². The molecule has 0 fully saturated rings. The number of benzene rings is 2. The number of aliphatic hydroxyl groups is 1. The zero-order valence-corrected chi connectivity index (χ0v) is 12.4. The van der Waals surface area contributed by atoms with Crippen LogP contribution in [0.1, 0.15) is 19.4 Å². The predicted octanol–water partition coefficient (Wildman–Crippen LogP) is 3.38. The molecule has 0 aliphatic carbocycles. The van der Waals surface area contributed by atoms with E-state index >= 15 is 0 Å². The van der Waals surface area contributed by atoms with E-state index in [9.17, 15) is 0 Å². The second-order valence-electron chi connectivity index (χ2n) is 5.12. The number of aliphatic hydroxyl groups excluding tert-OH is 1. The first-order chi connectivity index (χ1) is 10.1. The van der Waals surface area contributed by atoms with Crippen LogP contribution >= 0.6 is 0 Å². The molecule has 4 nitrogen and oxygen atoms in total. The SMILES string of the molecule is CC(C)Oc1cc(N)cc(Oc2ccc(CCO)cc2)c1.